The van der Waals surface area contributed by atoms with Crippen molar-refractivity contribution in [3.8, 4) is 11.5 Å². The van der Waals surface area contributed by atoms with Gasteiger partial charge < -0.3 is 28.4 Å². The molecule has 0 fully saturated rings. The van der Waals surface area contributed by atoms with Crippen molar-refractivity contribution in [3.63, 3.8) is 0 Å². The van der Waals surface area contributed by atoms with E-state index < -0.39 is 24.5 Å². The smallest absolute Gasteiger partial charge is 0.330 e. The number of ether oxygens (including phenoxy) is 6. The van der Waals surface area contributed by atoms with E-state index in [1.807, 2.05) is 48.5 Å². The third-order valence-corrected chi connectivity index (χ3v) is 5.45. The maximum atomic E-state index is 11.0. The van der Waals surface area contributed by atoms with Gasteiger partial charge in [0.15, 0.2) is 12.6 Å². The van der Waals surface area contributed by atoms with Gasteiger partial charge >= 0.3 is 11.9 Å². The number of carbonyl (C=O) groups excluding carboxylic acids is 2. The number of hydrogen-bond donors (Lipinski definition) is 0. The summed E-state index contributed by atoms with van der Waals surface area (Å²) in [5, 5.41) is 0. The zero-order chi connectivity index (χ0) is 27.3. The second-order valence-corrected chi connectivity index (χ2v) is 8.53. The number of rotatable bonds is 16. The van der Waals surface area contributed by atoms with Crippen LogP contribution in [0.25, 0.3) is 0 Å². The van der Waals surface area contributed by atoms with Crippen molar-refractivity contribution in [3.05, 3.63) is 85.0 Å². The van der Waals surface area contributed by atoms with Crippen molar-refractivity contribution < 1.29 is 38.0 Å². The first-order valence-electron chi connectivity index (χ1n) is 12.0. The van der Waals surface area contributed by atoms with Gasteiger partial charge in [-0.15, -0.1) is 0 Å². The van der Waals surface area contributed by atoms with Crippen LogP contribution in [0, 0.1) is 0 Å². The summed E-state index contributed by atoms with van der Waals surface area (Å²) >= 11 is 0. The second-order valence-electron chi connectivity index (χ2n) is 8.53. The first kappa shape index (κ1) is 29.6. The van der Waals surface area contributed by atoms with Crippen LogP contribution in [0.15, 0.2) is 73.8 Å². The number of hydrogen-bond acceptors (Lipinski definition) is 8. The minimum absolute atomic E-state index is 0.134. The van der Waals surface area contributed by atoms with Gasteiger partial charge in [0.05, 0.1) is 13.2 Å². The van der Waals surface area contributed by atoms with Crippen LogP contribution in [-0.4, -0.2) is 50.9 Å². The molecule has 200 valence electrons. The van der Waals surface area contributed by atoms with E-state index in [0.717, 1.165) is 23.3 Å². The van der Waals surface area contributed by atoms with Gasteiger partial charge in [-0.05, 0) is 49.2 Å². The van der Waals surface area contributed by atoms with Crippen LogP contribution in [-0.2, 0) is 34.0 Å². The molecule has 2 rings (SSSR count). The van der Waals surface area contributed by atoms with Crippen molar-refractivity contribution in [1.82, 2.24) is 0 Å². The summed E-state index contributed by atoms with van der Waals surface area (Å²) in [5.41, 5.74) is 1.97. The van der Waals surface area contributed by atoms with Crippen molar-refractivity contribution in [2.75, 3.05) is 26.4 Å². The molecule has 0 N–H and O–H groups in total. The molecule has 0 heterocycles. The monoisotopic (exact) mass is 512 g/mol. The molecule has 0 aliphatic carbocycles. The van der Waals surface area contributed by atoms with Gasteiger partial charge in [-0.2, -0.15) is 0 Å². The van der Waals surface area contributed by atoms with Gasteiger partial charge in [-0.25, -0.2) is 9.59 Å². The standard InChI is InChI=1S/C29H36O8/c1-7-27(30)34-19-17-32-21(3)36-25-13-9-23(10-14-25)29(5,6)24-11-15-26(16-12-24)37-22(4)33-18-20-35-28(31)8-2/h7-16,21-22H,1-2,17-20H2,3-6H3. The molecule has 2 atom stereocenters. The average Bonchev–Trinajstić information content (AvgIpc) is 2.89. The Bertz CT molecular complexity index is 930. The van der Waals surface area contributed by atoms with Gasteiger partial charge in [-0.3, -0.25) is 0 Å². The Kier molecular flexibility index (Phi) is 11.9. The Morgan fingerprint density at radius 1 is 0.703 bits per heavy atom. The Balaban J connectivity index is 1.86. The average molecular weight is 513 g/mol. The minimum Gasteiger partial charge on any atom is -0.465 e. The number of benzene rings is 2. The van der Waals surface area contributed by atoms with Crippen molar-refractivity contribution in [1.29, 1.82) is 0 Å². The summed E-state index contributed by atoms with van der Waals surface area (Å²) in [6.07, 6.45) is 1.22. The molecule has 0 saturated carbocycles. The first-order valence-corrected chi connectivity index (χ1v) is 12.0. The highest BCUT2D eigenvalue weighted by atomic mass is 16.7. The molecule has 0 aliphatic heterocycles. The van der Waals surface area contributed by atoms with Crippen LogP contribution in [0.2, 0.25) is 0 Å². The van der Waals surface area contributed by atoms with Crippen LogP contribution in [0.5, 0.6) is 11.5 Å². The summed E-state index contributed by atoms with van der Waals surface area (Å²) in [7, 11) is 0. The van der Waals surface area contributed by atoms with Gasteiger partial charge in [-0.1, -0.05) is 51.3 Å². The minimum atomic E-state index is -0.498. The normalized spacial score (nSPS) is 12.6. The lowest BCUT2D eigenvalue weighted by Crippen LogP contribution is -2.21. The molecule has 2 aromatic carbocycles. The zero-order valence-electron chi connectivity index (χ0n) is 21.9. The molecule has 2 unspecified atom stereocenters. The number of carbonyl (C=O) groups is 2. The van der Waals surface area contributed by atoms with Crippen LogP contribution in [0.3, 0.4) is 0 Å². The lowest BCUT2D eigenvalue weighted by Gasteiger charge is -2.27. The fraction of sp³-hybridized carbons (Fsp3) is 0.379. The van der Waals surface area contributed by atoms with E-state index >= 15 is 0 Å². The van der Waals surface area contributed by atoms with Crippen LogP contribution in [0.4, 0.5) is 0 Å². The van der Waals surface area contributed by atoms with Gasteiger partial charge in [0.2, 0.25) is 0 Å². The van der Waals surface area contributed by atoms with E-state index in [0.29, 0.717) is 11.5 Å². The first-order chi connectivity index (χ1) is 17.6. The van der Waals surface area contributed by atoms with Crippen LogP contribution in [0.1, 0.15) is 38.8 Å². The molecule has 0 bridgehead atoms. The lowest BCUT2D eigenvalue weighted by atomic mass is 9.78. The third-order valence-electron chi connectivity index (χ3n) is 5.45. The van der Waals surface area contributed by atoms with E-state index in [2.05, 4.69) is 27.0 Å². The second kappa shape index (κ2) is 14.8. The van der Waals surface area contributed by atoms with E-state index in [1.54, 1.807) is 13.8 Å². The molecule has 0 amide bonds. The summed E-state index contributed by atoms with van der Waals surface area (Å²) in [5.74, 6) is 0.378. The molecule has 2 aromatic rings. The quantitative estimate of drug-likeness (QED) is 0.135. The van der Waals surface area contributed by atoms with Crippen LogP contribution >= 0.6 is 0 Å². The Hall–Kier alpha value is -3.62. The lowest BCUT2D eigenvalue weighted by molar-refractivity contribution is -0.143. The fourth-order valence-corrected chi connectivity index (χ4v) is 3.35. The molecule has 0 aromatic heterocycles. The highest BCUT2D eigenvalue weighted by molar-refractivity contribution is 5.81. The maximum Gasteiger partial charge on any atom is 0.330 e. The molecule has 0 spiro atoms. The largest absolute Gasteiger partial charge is 0.465 e. The molecule has 37 heavy (non-hydrogen) atoms. The predicted octanol–water partition coefficient (Wildman–Crippen LogP) is 4.95. The molecule has 0 aliphatic rings. The Morgan fingerprint density at radius 3 is 1.38 bits per heavy atom. The number of esters is 2. The summed E-state index contributed by atoms with van der Waals surface area (Å²) in [6.45, 7) is 15.2. The SMILES string of the molecule is C=CC(=O)OCCOC(C)Oc1ccc(C(C)(C)c2ccc(OC(C)OCCOC(=O)C=C)cc2)cc1. The van der Waals surface area contributed by atoms with E-state index in [-0.39, 0.29) is 31.8 Å². The van der Waals surface area contributed by atoms with Crippen molar-refractivity contribution in [2.45, 2.75) is 45.7 Å². The van der Waals surface area contributed by atoms with E-state index in [4.69, 9.17) is 28.4 Å². The summed E-state index contributed by atoms with van der Waals surface area (Å²) in [6, 6.07) is 15.7. The Labute approximate surface area is 218 Å². The third kappa shape index (κ3) is 10.1. The van der Waals surface area contributed by atoms with E-state index in [1.165, 1.54) is 0 Å². The topological polar surface area (TPSA) is 89.5 Å². The van der Waals surface area contributed by atoms with Crippen molar-refractivity contribution >= 4 is 11.9 Å². The van der Waals surface area contributed by atoms with Gasteiger partial charge in [0.25, 0.3) is 0 Å². The zero-order valence-corrected chi connectivity index (χ0v) is 21.9. The van der Waals surface area contributed by atoms with Crippen LogP contribution < -0.4 is 9.47 Å². The molecule has 8 heteroatoms. The van der Waals surface area contributed by atoms with E-state index in [9.17, 15) is 9.59 Å². The highest BCUT2D eigenvalue weighted by Crippen LogP contribution is 2.33. The highest BCUT2D eigenvalue weighted by Gasteiger charge is 2.23. The fourth-order valence-electron chi connectivity index (χ4n) is 3.35. The molecule has 8 nitrogen and oxygen atoms in total. The summed E-state index contributed by atoms with van der Waals surface area (Å²) in [4.78, 5) is 22.1. The Morgan fingerprint density at radius 2 is 1.05 bits per heavy atom. The molecular weight excluding hydrogens is 476 g/mol. The van der Waals surface area contributed by atoms with Gasteiger partial charge in [0, 0.05) is 17.6 Å². The molecule has 0 radical (unpaired) electrons. The maximum absolute atomic E-state index is 11.0. The predicted molar refractivity (Wildman–Crippen MR) is 139 cm³/mol. The van der Waals surface area contributed by atoms with Crippen molar-refractivity contribution in [2.24, 2.45) is 0 Å². The summed E-state index contributed by atoms with van der Waals surface area (Å²) < 4.78 is 32.3. The molecular formula is C29H36O8. The van der Waals surface area contributed by atoms with Gasteiger partial charge in [0.1, 0.15) is 24.7 Å². The molecule has 0 saturated heterocycles.